The zero-order valence-corrected chi connectivity index (χ0v) is 65.9. The van der Waals surface area contributed by atoms with Gasteiger partial charge in [-0.2, -0.15) is 73.7 Å². The van der Waals surface area contributed by atoms with E-state index >= 15 is 0 Å². The number of aliphatic carboxylic acids is 1. The first-order valence-electron chi connectivity index (χ1n) is 35.0. The monoisotopic (exact) mass is 1690 g/mol. The zero-order chi connectivity index (χ0) is 90.9. The van der Waals surface area contributed by atoms with Gasteiger partial charge in [0.1, 0.15) is 27.1 Å². The van der Waals surface area contributed by atoms with Gasteiger partial charge in [-0.25, -0.2) is 5.84 Å². The number of methoxy groups -OCH3 is 1. The minimum atomic E-state index is -4.44. The molecule has 0 fully saturated rings. The van der Waals surface area contributed by atoms with Crippen LogP contribution in [0.5, 0.6) is 0 Å². The zero-order valence-electron chi connectivity index (χ0n) is 65.9. The van der Waals surface area contributed by atoms with Gasteiger partial charge in [0.15, 0.2) is 0 Å². The number of nitrogen functional groups attached to an aromatic ring is 1. The van der Waals surface area contributed by atoms with Crippen LogP contribution in [0.4, 0.5) is 98.2 Å². The number of aromatic nitrogens is 4. The molecule has 2 aromatic heterocycles. The maximum Gasteiger partial charge on any atom is 0.416 e. The van der Waals surface area contributed by atoms with Crippen molar-refractivity contribution in [2.75, 3.05) is 28.4 Å². The lowest BCUT2D eigenvalue weighted by Crippen LogP contribution is -2.47. The molecule has 0 radical (unpaired) electrons. The van der Waals surface area contributed by atoms with Crippen LogP contribution < -0.4 is 49.1 Å². The van der Waals surface area contributed by atoms with Gasteiger partial charge in [-0.3, -0.25) is 45.0 Å². The molecule has 10 rings (SSSR count). The summed E-state index contributed by atoms with van der Waals surface area (Å²) in [7, 11) is 1.27. The first-order chi connectivity index (χ1) is 56.3. The van der Waals surface area contributed by atoms with Gasteiger partial charge in [-0.05, 0) is 215 Å². The Labute approximate surface area is 683 Å². The Hall–Kier alpha value is -14.9. The molecule has 4 amide bonds. The molecule has 8 aromatic carbocycles. The lowest BCUT2D eigenvalue weighted by atomic mass is 9.93. The summed E-state index contributed by atoms with van der Waals surface area (Å²) in [6, 6.07) is 52.3. The Morgan fingerprint density at radius 2 is 0.702 bits per heavy atom. The number of esters is 1. The standard InChI is InChI=1S/2C19H17F3N4O2.C19H15F3N4O.C14H12F3N3O.C6H9NO2.C5H7NO2/c1-18(2,16(23)27)17-26-25-15(28-17)13-5-3-4-6-14(13)24-12-9-7-11(8-10-12)19(20,21)22;1-18(2,11-23)17(28)26-25-16(27)14-5-3-4-6-15(14)24-13-9-7-12(8-10-13)19(20,21)22;1-18(2,11-23)17-26-25-16(27-17)14-5-3-4-6-15(14)24-13-9-7-12(8-10-13)19(20,21)22;15-14(16,17)9-5-7-10(8-6-9)19-12-4-2-1-3-11(12)13(21)20-18;1-6(2,4-7)5(8)9-3;1-5(2,3-6)4(7)8/h3-10,24H,1-2H3,(H2,23,27);3-10,24H,1-2H3,(H,25,27)(H,26,28);3-10,24H,1-2H3;1-8,19H,18H2,(H,20,21);1-3H3;1-2H3,(H,7,8). The molecule has 39 heteroatoms. The maximum atomic E-state index is 12.7. The summed E-state index contributed by atoms with van der Waals surface area (Å²) in [5.41, 5.74) is 8.32. The third-order valence-corrected chi connectivity index (χ3v) is 16.5. The number of alkyl halides is 12. The summed E-state index contributed by atoms with van der Waals surface area (Å²) < 4.78 is 167. The maximum absolute atomic E-state index is 12.7. The van der Waals surface area contributed by atoms with E-state index < -0.39 is 110 Å². The number of hydrogen-bond donors (Lipinski definition) is 10. The number of para-hydroxylation sites is 4. The normalized spacial score (nSPS) is 11.4. The van der Waals surface area contributed by atoms with Gasteiger partial charge in [0, 0.05) is 22.7 Å². The van der Waals surface area contributed by atoms with Crippen LogP contribution >= 0.6 is 0 Å². The molecule has 121 heavy (non-hydrogen) atoms. The summed E-state index contributed by atoms with van der Waals surface area (Å²) in [6.45, 7) is 15.0. The topological polar surface area (TPSA) is 441 Å². The van der Waals surface area contributed by atoms with Crippen LogP contribution in [0.1, 0.15) is 124 Å². The highest BCUT2D eigenvalue weighted by molar-refractivity contribution is 6.02. The Bertz CT molecular complexity index is 5430. The third kappa shape index (κ3) is 27.9. The van der Waals surface area contributed by atoms with Crippen molar-refractivity contribution in [1.82, 2.24) is 36.7 Å². The molecule has 0 saturated heterocycles. The average molecular weight is 1690 g/mol. The van der Waals surface area contributed by atoms with Crippen molar-refractivity contribution >= 4 is 81.1 Å². The van der Waals surface area contributed by atoms with Gasteiger partial charge in [0.25, 0.3) is 17.7 Å². The average Bonchev–Trinajstić information content (AvgIpc) is 1.68. The first kappa shape index (κ1) is 96.7. The summed E-state index contributed by atoms with van der Waals surface area (Å²) in [5.74, 6) is 1.67. The molecule has 12 N–H and O–H groups in total. The number of benzene rings is 8. The number of nitrogens with one attached hydrogen (secondary N) is 7. The molecular formula is C82H77F12N17O10. The molecule has 0 aliphatic rings. The van der Waals surface area contributed by atoms with E-state index in [-0.39, 0.29) is 29.1 Å². The second kappa shape index (κ2) is 40.8. The van der Waals surface area contributed by atoms with Crippen LogP contribution in [-0.4, -0.2) is 68.2 Å². The van der Waals surface area contributed by atoms with Crippen molar-refractivity contribution in [2.45, 2.75) is 105 Å². The number of carboxylic acid groups (broad SMARTS) is 1. The molecule has 27 nitrogen and oxygen atoms in total. The van der Waals surface area contributed by atoms with E-state index in [4.69, 9.17) is 41.3 Å². The molecule has 2 heterocycles. The fourth-order valence-electron chi connectivity index (χ4n) is 8.87. The number of ether oxygens (including phenoxy) is 1. The fraction of sp³-hybridized carbons (Fsp3) is 0.244. The van der Waals surface area contributed by atoms with Crippen molar-refractivity contribution in [3.8, 4) is 47.2 Å². The highest BCUT2D eigenvalue weighted by atomic mass is 19.4. The molecule has 10 aromatic rings. The minimum Gasteiger partial charge on any atom is -0.480 e. The summed E-state index contributed by atoms with van der Waals surface area (Å²) in [6.07, 6.45) is -17.6. The second-order valence-corrected chi connectivity index (χ2v) is 27.9. The van der Waals surface area contributed by atoms with E-state index in [1.165, 1.54) is 103 Å². The number of carbonyl (C=O) groups is 6. The van der Waals surface area contributed by atoms with Gasteiger partial charge in [0.05, 0.1) is 98.6 Å². The van der Waals surface area contributed by atoms with Crippen molar-refractivity contribution in [3.63, 3.8) is 0 Å². The second-order valence-electron chi connectivity index (χ2n) is 27.9. The third-order valence-electron chi connectivity index (χ3n) is 16.5. The molecule has 0 aliphatic heterocycles. The van der Waals surface area contributed by atoms with Crippen molar-refractivity contribution in [3.05, 3.63) is 239 Å². The largest absolute Gasteiger partial charge is 0.480 e. The first-order valence-corrected chi connectivity index (χ1v) is 35.0. The van der Waals surface area contributed by atoms with Crippen LogP contribution in [0.25, 0.3) is 22.9 Å². The number of nitrogens with two attached hydrogens (primary N) is 2. The van der Waals surface area contributed by atoms with E-state index in [9.17, 15) is 86.7 Å². The number of anilines is 8. The van der Waals surface area contributed by atoms with Crippen LogP contribution in [0, 0.1) is 61.6 Å². The van der Waals surface area contributed by atoms with Gasteiger partial charge >= 0.3 is 36.6 Å². The summed E-state index contributed by atoms with van der Waals surface area (Å²) >= 11 is 0. The number of hydrazine groups is 2. The smallest absolute Gasteiger partial charge is 0.416 e. The predicted molar refractivity (Wildman–Crippen MR) is 417 cm³/mol. The molecule has 0 atom stereocenters. The van der Waals surface area contributed by atoms with E-state index in [2.05, 4.69) is 63.3 Å². The Balaban J connectivity index is 0.000000270. The number of primary amides is 1. The predicted octanol–water partition coefficient (Wildman–Crippen LogP) is 17.7. The van der Waals surface area contributed by atoms with Crippen LogP contribution in [0.2, 0.25) is 0 Å². The van der Waals surface area contributed by atoms with Crippen molar-refractivity contribution < 1.29 is 100 Å². The number of carboxylic acids is 1. The Morgan fingerprint density at radius 3 is 0.992 bits per heavy atom. The highest BCUT2D eigenvalue weighted by Crippen LogP contribution is 2.38. The van der Waals surface area contributed by atoms with Crippen molar-refractivity contribution in [1.29, 1.82) is 21.0 Å². The van der Waals surface area contributed by atoms with Gasteiger partial charge < -0.3 is 45.7 Å². The van der Waals surface area contributed by atoms with Gasteiger partial charge in [-0.1, -0.05) is 48.5 Å². The van der Waals surface area contributed by atoms with E-state index in [1.54, 1.807) is 125 Å². The quantitative estimate of drug-likeness (QED) is 0.0125. The summed E-state index contributed by atoms with van der Waals surface area (Å²) in [5, 5.41) is 70.4. The van der Waals surface area contributed by atoms with E-state index in [0.29, 0.717) is 62.2 Å². The number of hydrogen-bond acceptors (Lipinski definition) is 22. The SMILES string of the molecule is CC(C)(C#N)C(=O)NNC(=O)c1ccccc1Nc1ccc(C(F)(F)F)cc1.CC(C)(C#N)C(=O)O.CC(C)(C#N)c1nnc(-c2ccccc2Nc2ccc(C(F)(F)F)cc2)o1.CC(C)(C(N)=O)c1nnc(-c2ccccc2Nc2ccc(C(F)(F)F)cc2)o1.COC(=O)C(C)(C)C#N.NNC(=O)c1ccccc1Nc1ccc(C(F)(F)F)cc1. The van der Waals surface area contributed by atoms with E-state index in [0.717, 1.165) is 48.5 Å². The fourth-order valence-corrected chi connectivity index (χ4v) is 8.87. The van der Waals surface area contributed by atoms with Gasteiger partial charge in [0.2, 0.25) is 29.5 Å². The summed E-state index contributed by atoms with van der Waals surface area (Å²) in [4.78, 5) is 68.0. The molecule has 0 aliphatic carbocycles. The molecular weight excluding hydrogens is 1610 g/mol. The van der Waals surface area contributed by atoms with Crippen LogP contribution in [-0.2, 0) is 59.5 Å². The number of halogens is 12. The molecule has 634 valence electrons. The van der Waals surface area contributed by atoms with Gasteiger partial charge in [-0.15, -0.1) is 20.4 Å². The lowest BCUT2D eigenvalue weighted by Gasteiger charge is -2.17. The Kier molecular flexibility index (Phi) is 32.6. The number of nitrogens with zero attached hydrogens (tertiary/aromatic N) is 8. The van der Waals surface area contributed by atoms with E-state index in [1.807, 2.05) is 17.6 Å². The number of carbonyl (C=O) groups excluding carboxylic acids is 5. The molecule has 0 saturated carbocycles. The lowest BCUT2D eigenvalue weighted by molar-refractivity contribution is -0.147. The molecule has 0 spiro atoms. The van der Waals surface area contributed by atoms with Crippen LogP contribution in [0.15, 0.2) is 203 Å². The number of amides is 4. The molecule has 0 unspecified atom stereocenters. The van der Waals surface area contributed by atoms with Crippen molar-refractivity contribution in [2.24, 2.45) is 27.8 Å². The Morgan fingerprint density at radius 1 is 0.397 bits per heavy atom. The minimum absolute atomic E-state index is 0.0688. The highest BCUT2D eigenvalue weighted by Gasteiger charge is 2.37. The number of nitriles is 4. The number of rotatable bonds is 18. The van der Waals surface area contributed by atoms with Crippen LogP contribution in [0.3, 0.4) is 0 Å². The molecule has 0 bridgehead atoms.